The van der Waals surface area contributed by atoms with Crippen molar-refractivity contribution in [1.29, 1.82) is 0 Å². The third-order valence-electron chi connectivity index (χ3n) is 8.50. The molecule has 0 spiro atoms. The maximum Gasteiger partial charge on any atom is 0.00697 e. The predicted octanol–water partition coefficient (Wildman–Crippen LogP) is 6.22. The van der Waals surface area contributed by atoms with Crippen LogP contribution in [0.15, 0.2) is 12.2 Å². The molecule has 2 unspecified atom stereocenters. The molecule has 0 bridgehead atoms. The molecule has 2 aliphatic heterocycles. The molecule has 0 radical (unpaired) electrons. The van der Waals surface area contributed by atoms with Crippen molar-refractivity contribution in [2.45, 2.75) is 115 Å². The Morgan fingerprint density at radius 2 is 0.929 bits per heavy atom. The highest BCUT2D eigenvalue weighted by atomic mass is 14.9. The van der Waals surface area contributed by atoms with E-state index in [2.05, 4.69) is 22.8 Å². The highest BCUT2D eigenvalue weighted by Crippen LogP contribution is 2.36. The van der Waals surface area contributed by atoms with Gasteiger partial charge in [0.05, 0.1) is 0 Å². The Bertz CT molecular complexity index is 403. The average molecular weight is 387 g/mol. The van der Waals surface area contributed by atoms with Crippen LogP contribution in [-0.4, -0.2) is 25.2 Å². The lowest BCUT2D eigenvalue weighted by Crippen LogP contribution is -2.36. The lowest BCUT2D eigenvalue weighted by atomic mass is 9.76. The maximum atomic E-state index is 3.76. The van der Waals surface area contributed by atoms with Crippen molar-refractivity contribution in [1.82, 2.24) is 10.6 Å². The van der Waals surface area contributed by atoms with Gasteiger partial charge in [-0.05, 0) is 127 Å². The van der Waals surface area contributed by atoms with Crippen LogP contribution in [0.25, 0.3) is 0 Å². The summed E-state index contributed by atoms with van der Waals surface area (Å²) in [5.41, 5.74) is 0. The van der Waals surface area contributed by atoms with Crippen LogP contribution in [0.3, 0.4) is 0 Å². The summed E-state index contributed by atoms with van der Waals surface area (Å²) in [6.45, 7) is 2.53. The fourth-order valence-corrected chi connectivity index (χ4v) is 6.60. The molecular weight excluding hydrogens is 340 g/mol. The lowest BCUT2D eigenvalue weighted by Gasteiger charge is -2.33. The highest BCUT2D eigenvalue weighted by molar-refractivity contribution is 4.97. The first-order valence-electron chi connectivity index (χ1n) is 13.0. The topological polar surface area (TPSA) is 24.1 Å². The van der Waals surface area contributed by atoms with Crippen LogP contribution in [0.2, 0.25) is 0 Å². The third kappa shape index (κ3) is 6.59. The van der Waals surface area contributed by atoms with Gasteiger partial charge in [-0.3, -0.25) is 0 Å². The van der Waals surface area contributed by atoms with Gasteiger partial charge in [0.15, 0.2) is 0 Å². The molecule has 4 rings (SSSR count). The van der Waals surface area contributed by atoms with E-state index >= 15 is 0 Å². The van der Waals surface area contributed by atoms with Crippen LogP contribution in [0.4, 0.5) is 0 Å². The average Bonchev–Trinajstić information content (AvgIpc) is 2.76. The third-order valence-corrected chi connectivity index (χ3v) is 8.50. The summed E-state index contributed by atoms with van der Waals surface area (Å²) >= 11 is 0. The molecule has 2 N–H and O–H groups in total. The summed E-state index contributed by atoms with van der Waals surface area (Å²) in [6.07, 6.45) is 28.5. The number of hydrogen-bond donors (Lipinski definition) is 2. The fourth-order valence-electron chi connectivity index (χ4n) is 6.60. The van der Waals surface area contributed by atoms with E-state index in [0.29, 0.717) is 0 Å². The quantitative estimate of drug-likeness (QED) is 0.529. The zero-order chi connectivity index (χ0) is 19.0. The molecule has 0 aromatic heterocycles. The van der Waals surface area contributed by atoms with E-state index in [1.54, 1.807) is 0 Å². The summed E-state index contributed by atoms with van der Waals surface area (Å²) in [4.78, 5) is 0. The second-order valence-corrected chi connectivity index (χ2v) is 10.7. The largest absolute Gasteiger partial charge is 0.314 e. The minimum atomic E-state index is 0.838. The Labute approximate surface area is 174 Å². The molecule has 0 amide bonds. The molecule has 2 aliphatic carbocycles. The molecule has 28 heavy (non-hydrogen) atoms. The molecule has 4 fully saturated rings. The van der Waals surface area contributed by atoms with E-state index in [4.69, 9.17) is 0 Å². The smallest absolute Gasteiger partial charge is 0.00697 e. The lowest BCUT2D eigenvalue weighted by molar-refractivity contribution is 0.244. The van der Waals surface area contributed by atoms with Crippen molar-refractivity contribution < 1.29 is 0 Å². The molecule has 0 aromatic rings. The molecule has 2 nitrogen and oxygen atoms in total. The number of hydrogen-bond acceptors (Lipinski definition) is 2. The first-order valence-corrected chi connectivity index (χ1v) is 13.0. The van der Waals surface area contributed by atoms with E-state index < -0.39 is 0 Å². The minimum Gasteiger partial charge on any atom is -0.314 e. The van der Waals surface area contributed by atoms with Crippen LogP contribution < -0.4 is 10.6 Å². The van der Waals surface area contributed by atoms with E-state index in [1.165, 1.54) is 116 Å². The Morgan fingerprint density at radius 1 is 0.500 bits per heavy atom. The SMILES string of the molecule is C(=CC1CCC(CC2CCCCN2)CC1)C1CCC(CC2CCCCN2)CC1. The van der Waals surface area contributed by atoms with Gasteiger partial charge in [0.25, 0.3) is 0 Å². The molecule has 0 aromatic carbocycles. The first kappa shape index (κ1) is 20.9. The molecule has 4 aliphatic rings. The molecule has 2 heteroatoms. The van der Waals surface area contributed by atoms with Gasteiger partial charge in [0.1, 0.15) is 0 Å². The van der Waals surface area contributed by atoms with Crippen molar-refractivity contribution in [2.24, 2.45) is 23.7 Å². The van der Waals surface area contributed by atoms with Gasteiger partial charge < -0.3 is 10.6 Å². The van der Waals surface area contributed by atoms with Gasteiger partial charge in [-0.25, -0.2) is 0 Å². The number of allylic oxidation sites excluding steroid dienone is 2. The van der Waals surface area contributed by atoms with Crippen LogP contribution in [0.5, 0.6) is 0 Å². The second kappa shape index (κ2) is 11.2. The van der Waals surface area contributed by atoms with Crippen molar-refractivity contribution in [3.8, 4) is 0 Å². The number of piperidine rings is 2. The first-order chi connectivity index (χ1) is 13.8. The zero-order valence-corrected chi connectivity index (χ0v) is 18.3. The van der Waals surface area contributed by atoms with Gasteiger partial charge in [0, 0.05) is 12.1 Å². The molecule has 2 saturated heterocycles. The van der Waals surface area contributed by atoms with E-state index in [-0.39, 0.29) is 0 Å². The second-order valence-electron chi connectivity index (χ2n) is 10.7. The number of rotatable bonds is 6. The van der Waals surface area contributed by atoms with Crippen molar-refractivity contribution in [3.63, 3.8) is 0 Å². The standard InChI is InChI=1S/C26H46N2/c1-3-17-27-25(5-1)19-23-13-9-21(10-14-23)7-8-22-11-15-24(16-12-22)20-26-6-2-4-18-28-26/h7-8,21-28H,1-6,9-20H2. The Morgan fingerprint density at radius 3 is 1.29 bits per heavy atom. The molecule has 2 heterocycles. The molecule has 160 valence electrons. The summed E-state index contributed by atoms with van der Waals surface area (Å²) in [5.74, 6) is 3.78. The fraction of sp³-hybridized carbons (Fsp3) is 0.923. The normalized spacial score (nSPS) is 40.6. The summed E-state index contributed by atoms with van der Waals surface area (Å²) in [7, 11) is 0. The van der Waals surface area contributed by atoms with Gasteiger partial charge in [-0.2, -0.15) is 0 Å². The van der Waals surface area contributed by atoms with Gasteiger partial charge >= 0.3 is 0 Å². The van der Waals surface area contributed by atoms with Crippen LogP contribution in [0, 0.1) is 23.7 Å². The Balaban J connectivity index is 1.10. The highest BCUT2D eigenvalue weighted by Gasteiger charge is 2.25. The Kier molecular flexibility index (Phi) is 8.34. The van der Waals surface area contributed by atoms with Crippen LogP contribution >= 0.6 is 0 Å². The van der Waals surface area contributed by atoms with Crippen LogP contribution in [-0.2, 0) is 0 Å². The van der Waals surface area contributed by atoms with Gasteiger partial charge in [-0.15, -0.1) is 0 Å². The monoisotopic (exact) mass is 386 g/mol. The molecule has 2 atom stereocenters. The molecule has 2 saturated carbocycles. The van der Waals surface area contributed by atoms with E-state index in [9.17, 15) is 0 Å². The zero-order valence-electron chi connectivity index (χ0n) is 18.3. The van der Waals surface area contributed by atoms with Crippen molar-refractivity contribution in [2.75, 3.05) is 13.1 Å². The van der Waals surface area contributed by atoms with E-state index in [0.717, 1.165) is 35.8 Å². The van der Waals surface area contributed by atoms with Crippen LogP contribution in [0.1, 0.15) is 103 Å². The van der Waals surface area contributed by atoms with Crippen molar-refractivity contribution in [3.05, 3.63) is 12.2 Å². The van der Waals surface area contributed by atoms with Gasteiger partial charge in [-0.1, -0.05) is 25.0 Å². The maximum absolute atomic E-state index is 3.76. The van der Waals surface area contributed by atoms with Gasteiger partial charge in [0.2, 0.25) is 0 Å². The summed E-state index contributed by atoms with van der Waals surface area (Å²) < 4.78 is 0. The Hall–Kier alpha value is -0.340. The summed E-state index contributed by atoms with van der Waals surface area (Å²) in [5, 5.41) is 7.51. The van der Waals surface area contributed by atoms with Crippen molar-refractivity contribution >= 4 is 0 Å². The number of nitrogens with one attached hydrogen (secondary N) is 2. The predicted molar refractivity (Wildman–Crippen MR) is 121 cm³/mol. The van der Waals surface area contributed by atoms with E-state index in [1.807, 2.05) is 0 Å². The summed E-state index contributed by atoms with van der Waals surface area (Å²) in [6, 6.07) is 1.68. The molecular formula is C26H46N2. The minimum absolute atomic E-state index is 0.838.